The van der Waals surface area contributed by atoms with E-state index in [1.807, 2.05) is 80.3 Å². The van der Waals surface area contributed by atoms with E-state index >= 15 is 0 Å². The molecule has 3 aromatic rings. The van der Waals surface area contributed by atoms with Gasteiger partial charge in [0.05, 0.1) is 6.04 Å². The number of hydrogen-bond donors (Lipinski definition) is 2. The summed E-state index contributed by atoms with van der Waals surface area (Å²) >= 11 is 12.1. The minimum Gasteiger partial charge on any atom is -0.467 e. The highest BCUT2D eigenvalue weighted by atomic mass is 35.5. The first-order valence-corrected chi connectivity index (χ1v) is 11.6. The zero-order chi connectivity index (χ0) is 23.3. The van der Waals surface area contributed by atoms with Crippen molar-refractivity contribution in [2.45, 2.75) is 32.5 Å². The van der Waals surface area contributed by atoms with E-state index in [0.29, 0.717) is 10.1 Å². The second kappa shape index (κ2) is 8.04. The maximum Gasteiger partial charge on any atom is 0.236 e. The van der Waals surface area contributed by atoms with Crippen LogP contribution in [0.4, 0.5) is 11.4 Å². The van der Waals surface area contributed by atoms with Crippen molar-refractivity contribution in [1.82, 2.24) is 5.32 Å². The average Bonchev–Trinajstić information content (AvgIpc) is 2.75. The fourth-order valence-corrected chi connectivity index (χ4v) is 5.50. The van der Waals surface area contributed by atoms with Gasteiger partial charge in [-0.05, 0) is 68.9 Å². The molecule has 2 aliphatic heterocycles. The van der Waals surface area contributed by atoms with Crippen LogP contribution in [0.2, 0.25) is 5.02 Å². The van der Waals surface area contributed by atoms with Crippen molar-refractivity contribution >= 4 is 46.2 Å². The van der Waals surface area contributed by atoms with E-state index in [9.17, 15) is 4.79 Å². The molecule has 1 saturated heterocycles. The number of fused-ring (bicyclic) bond motifs is 4. The topological polar surface area (TPSA) is 53.6 Å². The summed E-state index contributed by atoms with van der Waals surface area (Å²) < 4.78 is 6.58. The molecule has 2 bridgehead atoms. The molecule has 5 rings (SSSR count). The molecule has 2 aliphatic rings. The van der Waals surface area contributed by atoms with Gasteiger partial charge in [-0.1, -0.05) is 53.6 Å². The lowest BCUT2D eigenvalue weighted by molar-refractivity contribution is -0.130. The van der Waals surface area contributed by atoms with Crippen molar-refractivity contribution in [3.63, 3.8) is 0 Å². The second-order valence-corrected chi connectivity index (χ2v) is 9.55. The number of halogens is 1. The molecule has 0 spiro atoms. The number of aryl methyl sites for hydroxylation is 2. The summed E-state index contributed by atoms with van der Waals surface area (Å²) in [6.45, 7) is 5.93. The minimum atomic E-state index is -1.07. The zero-order valence-corrected chi connectivity index (χ0v) is 20.1. The molecule has 0 radical (unpaired) electrons. The quantitative estimate of drug-likeness (QED) is 0.470. The molecule has 7 heteroatoms. The number of hydrogen-bond acceptors (Lipinski definition) is 3. The van der Waals surface area contributed by atoms with Crippen molar-refractivity contribution in [1.29, 1.82) is 0 Å². The van der Waals surface area contributed by atoms with Crippen molar-refractivity contribution < 1.29 is 9.53 Å². The summed E-state index contributed by atoms with van der Waals surface area (Å²) in [5.74, 6) is -0.0210. The molecule has 1 amide bonds. The second-order valence-electron chi connectivity index (χ2n) is 8.72. The van der Waals surface area contributed by atoms with E-state index in [4.69, 9.17) is 28.6 Å². The molecule has 0 saturated carbocycles. The first-order valence-electron chi connectivity index (χ1n) is 10.8. The van der Waals surface area contributed by atoms with E-state index in [2.05, 4.69) is 16.7 Å². The smallest absolute Gasteiger partial charge is 0.236 e. The largest absolute Gasteiger partial charge is 0.467 e. The third kappa shape index (κ3) is 3.63. The van der Waals surface area contributed by atoms with Crippen LogP contribution in [0.3, 0.4) is 0 Å². The van der Waals surface area contributed by atoms with Crippen LogP contribution in [0.1, 0.15) is 29.7 Å². The number of carbonyl (C=O) groups excluding carboxylic acids is 1. The van der Waals surface area contributed by atoms with Crippen LogP contribution in [0, 0.1) is 19.8 Å². The Morgan fingerprint density at radius 3 is 2.67 bits per heavy atom. The molecule has 0 unspecified atom stereocenters. The van der Waals surface area contributed by atoms with Gasteiger partial charge in [0.1, 0.15) is 11.7 Å². The fourth-order valence-electron chi connectivity index (χ4n) is 4.90. The SMILES string of the molecule is Cc1ccc(NC(=O)[C@H]2[C@H]3NC(=S)N(c4cccc(Cl)c4)[C@@]2(C)Oc2ccccc23)c(C)c1. The number of para-hydroxylation sites is 1. The monoisotopic (exact) mass is 477 g/mol. The summed E-state index contributed by atoms with van der Waals surface area (Å²) in [4.78, 5) is 15.7. The van der Waals surface area contributed by atoms with E-state index in [-0.39, 0.29) is 11.9 Å². The summed E-state index contributed by atoms with van der Waals surface area (Å²) in [5, 5.41) is 7.60. The lowest BCUT2D eigenvalue weighted by Gasteiger charge is -2.56. The number of anilines is 2. The van der Waals surface area contributed by atoms with E-state index in [1.54, 1.807) is 6.07 Å². The molecule has 33 heavy (non-hydrogen) atoms. The summed E-state index contributed by atoms with van der Waals surface area (Å²) in [5.41, 5.74) is 3.51. The van der Waals surface area contributed by atoms with Crippen molar-refractivity contribution in [2.75, 3.05) is 10.2 Å². The molecule has 2 heterocycles. The summed E-state index contributed by atoms with van der Waals surface area (Å²) in [6, 6.07) is 20.8. The van der Waals surface area contributed by atoms with Crippen LogP contribution in [-0.4, -0.2) is 16.7 Å². The van der Waals surface area contributed by atoms with Crippen LogP contribution in [0.25, 0.3) is 0 Å². The number of benzene rings is 3. The van der Waals surface area contributed by atoms with Crippen LogP contribution >= 0.6 is 23.8 Å². The first kappa shape index (κ1) is 21.7. The predicted octanol–water partition coefficient (Wildman–Crippen LogP) is 5.76. The number of rotatable bonds is 3. The van der Waals surface area contributed by atoms with Crippen molar-refractivity contribution in [3.05, 3.63) is 88.4 Å². The molecule has 0 aliphatic carbocycles. The number of nitrogens with zero attached hydrogens (tertiary/aromatic N) is 1. The van der Waals surface area contributed by atoms with E-state index in [0.717, 1.165) is 33.8 Å². The first-order chi connectivity index (χ1) is 15.8. The van der Waals surface area contributed by atoms with E-state index in [1.165, 1.54) is 0 Å². The zero-order valence-electron chi connectivity index (χ0n) is 18.6. The van der Waals surface area contributed by atoms with Gasteiger partial charge in [0.2, 0.25) is 5.91 Å². The number of thiocarbonyl (C=S) groups is 1. The highest BCUT2D eigenvalue weighted by molar-refractivity contribution is 7.80. The molecule has 3 atom stereocenters. The molecule has 1 fully saturated rings. The minimum absolute atomic E-state index is 0.147. The fraction of sp³-hybridized carbons (Fsp3) is 0.231. The molecular weight excluding hydrogens is 454 g/mol. The van der Waals surface area contributed by atoms with Crippen LogP contribution in [0.15, 0.2) is 66.7 Å². The lowest BCUT2D eigenvalue weighted by atomic mass is 9.78. The Balaban J connectivity index is 1.62. The van der Waals surface area contributed by atoms with Gasteiger partial charge in [0, 0.05) is 22.0 Å². The Labute approximate surface area is 203 Å². The molecule has 5 nitrogen and oxygen atoms in total. The van der Waals surface area contributed by atoms with Gasteiger partial charge < -0.3 is 15.4 Å². The Morgan fingerprint density at radius 2 is 1.91 bits per heavy atom. The van der Waals surface area contributed by atoms with Crippen LogP contribution in [-0.2, 0) is 4.79 Å². The molecular formula is C26H24ClN3O2S. The summed E-state index contributed by atoms with van der Waals surface area (Å²) in [7, 11) is 0. The third-order valence-electron chi connectivity index (χ3n) is 6.40. The Hall–Kier alpha value is -3.09. The standard InChI is InChI=1S/C26H24ClN3O2S/c1-15-11-12-20(16(2)13-15)28-24(31)22-23-19-9-4-5-10-21(19)32-26(22,3)30(25(33)29-23)18-8-6-7-17(27)14-18/h4-14,22-23H,1-3H3,(H,28,31)(H,29,33)/t22-,23+,26+/m1/s1. The highest BCUT2D eigenvalue weighted by Crippen LogP contribution is 2.49. The Kier molecular flexibility index (Phi) is 5.30. The molecule has 2 N–H and O–H groups in total. The predicted molar refractivity (Wildman–Crippen MR) is 136 cm³/mol. The van der Waals surface area contributed by atoms with E-state index < -0.39 is 11.6 Å². The number of nitrogens with one attached hydrogen (secondary N) is 2. The normalized spacial score (nSPS) is 23.3. The summed E-state index contributed by atoms with van der Waals surface area (Å²) in [6.07, 6.45) is 0. The lowest BCUT2D eigenvalue weighted by Crippen LogP contribution is -2.72. The van der Waals surface area contributed by atoms with Gasteiger partial charge >= 0.3 is 0 Å². The molecule has 168 valence electrons. The average molecular weight is 478 g/mol. The Morgan fingerprint density at radius 1 is 1.12 bits per heavy atom. The van der Waals surface area contributed by atoms with Crippen molar-refractivity contribution in [2.24, 2.45) is 5.92 Å². The maximum absolute atomic E-state index is 13.9. The van der Waals surface area contributed by atoms with Crippen LogP contribution < -0.4 is 20.3 Å². The number of carbonyl (C=O) groups is 1. The van der Waals surface area contributed by atoms with Gasteiger partial charge in [-0.15, -0.1) is 0 Å². The highest BCUT2D eigenvalue weighted by Gasteiger charge is 2.59. The number of ether oxygens (including phenoxy) is 1. The number of amides is 1. The Bertz CT molecular complexity index is 1280. The van der Waals surface area contributed by atoms with Gasteiger partial charge in [-0.3, -0.25) is 9.69 Å². The van der Waals surface area contributed by atoms with Gasteiger partial charge in [0.15, 0.2) is 10.8 Å². The molecule has 0 aromatic heterocycles. The molecule has 3 aromatic carbocycles. The van der Waals surface area contributed by atoms with Crippen molar-refractivity contribution in [3.8, 4) is 5.75 Å². The van der Waals surface area contributed by atoms with Crippen LogP contribution in [0.5, 0.6) is 5.75 Å². The third-order valence-corrected chi connectivity index (χ3v) is 6.93. The van der Waals surface area contributed by atoms with Gasteiger partial charge in [0.25, 0.3) is 0 Å². The maximum atomic E-state index is 13.9. The van der Waals surface area contributed by atoms with Gasteiger partial charge in [-0.25, -0.2) is 0 Å². The van der Waals surface area contributed by atoms with Gasteiger partial charge in [-0.2, -0.15) is 0 Å².